The monoisotopic (exact) mass is 264 g/mol. The fourth-order valence-electron chi connectivity index (χ4n) is 1.92. The Morgan fingerprint density at radius 3 is 2.53 bits per heavy atom. The highest BCUT2D eigenvalue weighted by atomic mass is 16.5. The number of carbonyl (C=O) groups excluding carboxylic acids is 1. The Morgan fingerprint density at radius 2 is 2.05 bits per heavy atom. The van der Waals surface area contributed by atoms with Crippen LogP contribution in [0.25, 0.3) is 0 Å². The summed E-state index contributed by atoms with van der Waals surface area (Å²) in [6.45, 7) is 3.27. The molecule has 1 aliphatic rings. The van der Waals surface area contributed by atoms with Crippen LogP contribution in [-0.4, -0.2) is 37.3 Å². The zero-order chi connectivity index (χ0) is 13.7. The molecule has 0 saturated carbocycles. The summed E-state index contributed by atoms with van der Waals surface area (Å²) >= 11 is 0. The number of aliphatic hydroxyl groups excluding tert-OH is 1. The van der Waals surface area contributed by atoms with Crippen molar-refractivity contribution in [3.05, 3.63) is 29.8 Å². The number of hydrogen-bond donors (Lipinski definition) is 1. The first-order valence-corrected chi connectivity index (χ1v) is 6.53. The van der Waals surface area contributed by atoms with E-state index in [1.807, 2.05) is 24.3 Å². The molecule has 2 rings (SSSR count). The first-order chi connectivity index (χ1) is 9.13. The van der Waals surface area contributed by atoms with Crippen LogP contribution in [0.2, 0.25) is 0 Å². The van der Waals surface area contributed by atoms with E-state index in [1.165, 1.54) is 0 Å². The van der Waals surface area contributed by atoms with Crippen molar-refractivity contribution in [2.75, 3.05) is 26.4 Å². The normalized spacial score (nSPS) is 16.7. The Morgan fingerprint density at radius 1 is 1.37 bits per heavy atom. The summed E-state index contributed by atoms with van der Waals surface area (Å²) in [7, 11) is 0. The molecule has 19 heavy (non-hydrogen) atoms. The first-order valence-electron chi connectivity index (χ1n) is 6.53. The number of benzene rings is 1. The molecular weight excluding hydrogens is 244 g/mol. The SMILES string of the molecule is CC(=O)CCc1ccc(OCC2(CO)COC2)cc1. The number of hydrogen-bond acceptors (Lipinski definition) is 4. The number of ether oxygens (including phenoxy) is 2. The average Bonchev–Trinajstić information content (AvgIpc) is 2.37. The van der Waals surface area contributed by atoms with Gasteiger partial charge in [0.1, 0.15) is 18.1 Å². The molecule has 0 bridgehead atoms. The highest BCUT2D eigenvalue weighted by molar-refractivity contribution is 5.75. The minimum absolute atomic E-state index is 0.0870. The molecule has 4 nitrogen and oxygen atoms in total. The summed E-state index contributed by atoms with van der Waals surface area (Å²) in [5, 5.41) is 9.29. The van der Waals surface area contributed by atoms with Crippen LogP contribution in [0.4, 0.5) is 0 Å². The van der Waals surface area contributed by atoms with E-state index < -0.39 is 0 Å². The lowest BCUT2D eigenvalue weighted by Gasteiger charge is -2.39. The molecule has 0 radical (unpaired) electrons. The van der Waals surface area contributed by atoms with Crippen molar-refractivity contribution in [2.45, 2.75) is 19.8 Å². The van der Waals surface area contributed by atoms with Gasteiger partial charge in [0.05, 0.1) is 25.2 Å². The summed E-state index contributed by atoms with van der Waals surface area (Å²) in [5.41, 5.74) is 0.902. The van der Waals surface area contributed by atoms with Crippen LogP contribution < -0.4 is 4.74 Å². The van der Waals surface area contributed by atoms with Crippen LogP contribution >= 0.6 is 0 Å². The van der Waals surface area contributed by atoms with Crippen LogP contribution in [-0.2, 0) is 16.0 Å². The van der Waals surface area contributed by atoms with Crippen molar-refractivity contribution in [3.63, 3.8) is 0 Å². The predicted octanol–water partition coefficient (Wildman–Crippen LogP) is 1.60. The van der Waals surface area contributed by atoms with Gasteiger partial charge in [-0.3, -0.25) is 0 Å². The number of Topliss-reactive ketones (excluding diaryl/α,β-unsaturated/α-hetero) is 1. The predicted molar refractivity (Wildman–Crippen MR) is 71.3 cm³/mol. The molecule has 4 heteroatoms. The van der Waals surface area contributed by atoms with Gasteiger partial charge in [-0.05, 0) is 31.0 Å². The molecular formula is C15H20O4. The van der Waals surface area contributed by atoms with Crippen molar-refractivity contribution < 1.29 is 19.4 Å². The van der Waals surface area contributed by atoms with Gasteiger partial charge in [-0.1, -0.05) is 12.1 Å². The van der Waals surface area contributed by atoms with E-state index in [4.69, 9.17) is 9.47 Å². The molecule has 104 valence electrons. The minimum atomic E-state index is -0.229. The first kappa shape index (κ1) is 14.0. The lowest BCUT2D eigenvalue weighted by molar-refractivity contribution is -0.153. The van der Waals surface area contributed by atoms with Crippen LogP contribution in [0.3, 0.4) is 0 Å². The van der Waals surface area contributed by atoms with Gasteiger partial charge in [0.2, 0.25) is 0 Å². The molecule has 0 aliphatic carbocycles. The third kappa shape index (κ3) is 3.78. The quantitative estimate of drug-likeness (QED) is 0.812. The third-order valence-corrected chi connectivity index (χ3v) is 3.39. The van der Waals surface area contributed by atoms with Gasteiger partial charge in [-0.2, -0.15) is 0 Å². The Balaban J connectivity index is 1.83. The number of ketones is 1. The lowest BCUT2D eigenvalue weighted by atomic mass is 9.88. The van der Waals surface area contributed by atoms with Crippen LogP contribution in [0.1, 0.15) is 18.9 Å². The molecule has 1 saturated heterocycles. The van der Waals surface area contributed by atoms with Crippen molar-refractivity contribution in [3.8, 4) is 5.75 Å². The summed E-state index contributed by atoms with van der Waals surface area (Å²) in [5.74, 6) is 0.987. The lowest BCUT2D eigenvalue weighted by Crippen LogP contribution is -2.49. The Bertz CT molecular complexity index is 415. The van der Waals surface area contributed by atoms with Gasteiger partial charge in [0, 0.05) is 6.42 Å². The molecule has 0 unspecified atom stereocenters. The van der Waals surface area contributed by atoms with Gasteiger partial charge in [-0.15, -0.1) is 0 Å². The molecule has 1 aromatic rings. The smallest absolute Gasteiger partial charge is 0.130 e. The average molecular weight is 264 g/mol. The minimum Gasteiger partial charge on any atom is -0.493 e. The molecule has 1 aliphatic heterocycles. The molecule has 1 aromatic carbocycles. The number of carbonyl (C=O) groups is 1. The Kier molecular flexibility index (Phi) is 4.56. The number of aliphatic hydroxyl groups is 1. The van der Waals surface area contributed by atoms with E-state index in [-0.39, 0.29) is 17.8 Å². The Labute approximate surface area is 113 Å². The highest BCUT2D eigenvalue weighted by Crippen LogP contribution is 2.28. The maximum atomic E-state index is 10.9. The van der Waals surface area contributed by atoms with Crippen molar-refractivity contribution in [2.24, 2.45) is 5.41 Å². The van der Waals surface area contributed by atoms with Gasteiger partial charge < -0.3 is 19.4 Å². The fourth-order valence-corrected chi connectivity index (χ4v) is 1.92. The molecule has 1 fully saturated rings. The van der Waals surface area contributed by atoms with E-state index >= 15 is 0 Å². The van der Waals surface area contributed by atoms with Gasteiger partial charge in [0.25, 0.3) is 0 Å². The zero-order valence-electron chi connectivity index (χ0n) is 11.2. The summed E-state index contributed by atoms with van der Waals surface area (Å²) < 4.78 is 10.8. The maximum absolute atomic E-state index is 10.9. The van der Waals surface area contributed by atoms with Crippen LogP contribution in [0, 0.1) is 5.41 Å². The maximum Gasteiger partial charge on any atom is 0.130 e. The zero-order valence-corrected chi connectivity index (χ0v) is 11.2. The topological polar surface area (TPSA) is 55.8 Å². The second kappa shape index (κ2) is 6.17. The van der Waals surface area contributed by atoms with E-state index in [0.29, 0.717) is 26.2 Å². The number of rotatable bonds is 7. The van der Waals surface area contributed by atoms with E-state index in [1.54, 1.807) is 6.92 Å². The van der Waals surface area contributed by atoms with E-state index in [0.717, 1.165) is 17.7 Å². The van der Waals surface area contributed by atoms with Crippen LogP contribution in [0.15, 0.2) is 24.3 Å². The molecule has 0 spiro atoms. The van der Waals surface area contributed by atoms with Gasteiger partial charge in [-0.25, -0.2) is 0 Å². The second-order valence-corrected chi connectivity index (χ2v) is 5.29. The molecule has 0 aromatic heterocycles. The highest BCUT2D eigenvalue weighted by Gasteiger charge is 2.39. The molecule has 1 N–H and O–H groups in total. The summed E-state index contributed by atoms with van der Waals surface area (Å²) in [6.07, 6.45) is 1.34. The molecule has 0 atom stereocenters. The standard InChI is InChI=1S/C15H20O4/c1-12(17)2-3-13-4-6-14(7-5-13)19-11-15(8-16)9-18-10-15/h4-7,16H,2-3,8-11H2,1H3. The molecule has 1 heterocycles. The van der Waals surface area contributed by atoms with Crippen molar-refractivity contribution in [1.82, 2.24) is 0 Å². The van der Waals surface area contributed by atoms with Crippen LogP contribution in [0.5, 0.6) is 5.75 Å². The summed E-state index contributed by atoms with van der Waals surface area (Å²) in [4.78, 5) is 10.9. The van der Waals surface area contributed by atoms with Crippen molar-refractivity contribution in [1.29, 1.82) is 0 Å². The third-order valence-electron chi connectivity index (χ3n) is 3.39. The summed E-state index contributed by atoms with van der Waals surface area (Å²) in [6, 6.07) is 7.75. The van der Waals surface area contributed by atoms with E-state index in [2.05, 4.69) is 0 Å². The van der Waals surface area contributed by atoms with Crippen molar-refractivity contribution >= 4 is 5.78 Å². The van der Waals surface area contributed by atoms with E-state index in [9.17, 15) is 9.90 Å². The Hall–Kier alpha value is -1.39. The van der Waals surface area contributed by atoms with Gasteiger partial charge in [0.15, 0.2) is 0 Å². The largest absolute Gasteiger partial charge is 0.493 e. The van der Waals surface area contributed by atoms with Gasteiger partial charge >= 0.3 is 0 Å². The fraction of sp³-hybridized carbons (Fsp3) is 0.533. The molecule has 0 amide bonds. The number of aryl methyl sites for hydroxylation is 1. The second-order valence-electron chi connectivity index (χ2n) is 5.29.